The average Bonchev–Trinajstić information content (AvgIpc) is 2.24. The van der Waals surface area contributed by atoms with Gasteiger partial charge in [-0.3, -0.25) is 4.79 Å². The molecule has 7 heteroatoms. The Bertz CT molecular complexity index is 409. The second kappa shape index (κ2) is 8.58. The summed E-state index contributed by atoms with van der Waals surface area (Å²) < 4.78 is 0. The Hall–Kier alpha value is -1.50. The lowest BCUT2D eigenvalue weighted by atomic mass is 9.94. The van der Waals surface area contributed by atoms with Crippen molar-refractivity contribution < 1.29 is 25.2 Å². The minimum atomic E-state index is -1.39. The van der Waals surface area contributed by atoms with Crippen LogP contribution in [0.15, 0.2) is 18.2 Å². The minimum Gasteiger partial charge on any atom is -0.504 e. The molecule has 6 N–H and O–H groups in total. The van der Waals surface area contributed by atoms with Crippen LogP contribution in [0.3, 0.4) is 0 Å². The quantitative estimate of drug-likeness (QED) is 0.527. The maximum Gasteiger partial charge on any atom is 0.323 e. The van der Waals surface area contributed by atoms with Crippen molar-refractivity contribution in [2.45, 2.75) is 25.8 Å². The monoisotopic (exact) mass is 293 g/mol. The molecule has 0 aliphatic rings. The van der Waals surface area contributed by atoms with Gasteiger partial charge >= 0.3 is 5.97 Å². The molecule has 0 radical (unpaired) electrons. The minimum absolute atomic E-state index is 0. The summed E-state index contributed by atoms with van der Waals surface area (Å²) in [7, 11) is 0. The molecule has 1 rings (SSSR count). The van der Waals surface area contributed by atoms with E-state index in [1.54, 1.807) is 6.92 Å². The lowest BCUT2D eigenvalue weighted by Crippen LogP contribution is -2.46. The summed E-state index contributed by atoms with van der Waals surface area (Å²) in [4.78, 5) is 10.7. The van der Waals surface area contributed by atoms with Gasteiger partial charge in [-0.05, 0) is 31.5 Å². The first-order valence-corrected chi connectivity index (χ1v) is 5.38. The highest BCUT2D eigenvalue weighted by Crippen LogP contribution is 2.26. The van der Waals surface area contributed by atoms with Gasteiger partial charge in [0, 0.05) is 13.0 Å². The third kappa shape index (κ3) is 6.85. The smallest absolute Gasteiger partial charge is 0.323 e. The van der Waals surface area contributed by atoms with Gasteiger partial charge in [-0.1, -0.05) is 6.07 Å². The van der Waals surface area contributed by atoms with Gasteiger partial charge in [0.1, 0.15) is 5.54 Å². The maximum atomic E-state index is 10.7. The summed E-state index contributed by atoms with van der Waals surface area (Å²) in [5, 5.41) is 34.6. The van der Waals surface area contributed by atoms with Gasteiger partial charge in [0.05, 0.1) is 0 Å². The predicted molar refractivity (Wildman–Crippen MR) is 73.7 cm³/mol. The average molecular weight is 294 g/mol. The van der Waals surface area contributed by atoms with E-state index in [-0.39, 0.29) is 36.9 Å². The Balaban J connectivity index is 0. The van der Waals surface area contributed by atoms with E-state index in [1.165, 1.54) is 25.1 Å². The zero-order chi connectivity index (χ0) is 14.3. The molecule has 0 fully saturated rings. The van der Waals surface area contributed by atoms with Crippen LogP contribution in [0.4, 0.5) is 0 Å². The zero-order valence-corrected chi connectivity index (χ0v) is 11.6. The zero-order valence-electron chi connectivity index (χ0n) is 10.8. The van der Waals surface area contributed by atoms with E-state index in [4.69, 9.17) is 21.1 Å². The van der Waals surface area contributed by atoms with Crippen LogP contribution in [-0.4, -0.2) is 38.5 Å². The number of halogens is 1. The number of carboxylic acids is 1. The van der Waals surface area contributed by atoms with Gasteiger partial charge in [0.2, 0.25) is 0 Å². The number of phenols is 2. The summed E-state index contributed by atoms with van der Waals surface area (Å²) in [5.41, 5.74) is 4.70. The summed E-state index contributed by atoms with van der Waals surface area (Å²) in [6, 6.07) is 4.11. The fraction of sp³-hybridized carbons (Fsp3) is 0.417. The van der Waals surface area contributed by atoms with E-state index in [0.29, 0.717) is 5.56 Å². The fourth-order valence-corrected chi connectivity index (χ4v) is 1.18. The molecule has 0 saturated heterocycles. The molecule has 1 aromatic rings. The number of aliphatic hydroxyl groups excluding tert-OH is 1. The molecule has 19 heavy (non-hydrogen) atoms. The number of rotatable bonds is 3. The third-order valence-electron chi connectivity index (χ3n) is 2.10. The highest BCUT2D eigenvalue weighted by Gasteiger charge is 2.28. The predicted octanol–water partition coefficient (Wildman–Crippen LogP) is 0.863. The normalized spacial score (nSPS) is 12.4. The Kier molecular flexibility index (Phi) is 8.95. The standard InChI is InChI=1S/C10H13NO4.C2H6O.ClH/c1-10(11,9(14)15)5-6-2-3-7(12)8(13)4-6;1-2-3;/h2-4,12-13H,5,11H2,1H3,(H,14,15);3H,2H2,1H3;1H/t10-;;/m0../s1. The molecule has 0 aliphatic carbocycles. The Morgan fingerprint density at radius 3 is 2.16 bits per heavy atom. The molecule has 0 unspecified atom stereocenters. The molecule has 0 aliphatic heterocycles. The van der Waals surface area contributed by atoms with Crippen LogP contribution in [0.1, 0.15) is 19.4 Å². The van der Waals surface area contributed by atoms with Gasteiger partial charge in [-0.2, -0.15) is 0 Å². The third-order valence-corrected chi connectivity index (χ3v) is 2.10. The number of hydrogen-bond donors (Lipinski definition) is 5. The van der Waals surface area contributed by atoms with Crippen LogP contribution < -0.4 is 5.73 Å². The summed E-state index contributed by atoms with van der Waals surface area (Å²) in [6.07, 6.45) is 0.0795. The molecular formula is C12H20ClNO5. The molecule has 0 spiro atoms. The summed E-state index contributed by atoms with van der Waals surface area (Å²) >= 11 is 0. The molecule has 0 saturated carbocycles. The Labute approximate surface area is 117 Å². The number of nitrogens with two attached hydrogens (primary N) is 1. The van der Waals surface area contributed by atoms with Crippen molar-refractivity contribution >= 4 is 18.4 Å². The molecule has 1 atom stereocenters. The SMILES string of the molecule is CCO.C[C@](N)(Cc1ccc(O)c(O)c1)C(=O)O.Cl. The number of phenolic OH excluding ortho intramolecular Hbond substituents is 2. The van der Waals surface area contributed by atoms with Gasteiger partial charge < -0.3 is 26.2 Å². The fourth-order valence-electron chi connectivity index (χ4n) is 1.18. The van der Waals surface area contributed by atoms with Crippen LogP contribution in [0.5, 0.6) is 11.5 Å². The number of aromatic hydroxyl groups is 2. The molecule has 0 bridgehead atoms. The van der Waals surface area contributed by atoms with Gasteiger partial charge in [-0.15, -0.1) is 12.4 Å². The van der Waals surface area contributed by atoms with Gasteiger partial charge in [0.25, 0.3) is 0 Å². The number of benzene rings is 1. The van der Waals surface area contributed by atoms with Crippen molar-refractivity contribution in [3.63, 3.8) is 0 Å². The molecule has 0 amide bonds. The number of carbonyl (C=O) groups is 1. The second-order valence-corrected chi connectivity index (χ2v) is 4.04. The van der Waals surface area contributed by atoms with Crippen LogP contribution in [0.25, 0.3) is 0 Å². The molecule has 1 aromatic carbocycles. The van der Waals surface area contributed by atoms with Gasteiger partial charge in [0.15, 0.2) is 11.5 Å². The van der Waals surface area contributed by atoms with E-state index in [9.17, 15) is 9.90 Å². The second-order valence-electron chi connectivity index (χ2n) is 4.04. The topological polar surface area (TPSA) is 124 Å². The van der Waals surface area contributed by atoms with Crippen LogP contribution in [-0.2, 0) is 11.2 Å². The molecular weight excluding hydrogens is 274 g/mol. The van der Waals surface area contributed by atoms with Crippen LogP contribution >= 0.6 is 12.4 Å². The van der Waals surface area contributed by atoms with Crippen molar-refractivity contribution in [3.8, 4) is 11.5 Å². The first-order chi connectivity index (χ1) is 8.24. The Morgan fingerprint density at radius 1 is 1.32 bits per heavy atom. The van der Waals surface area contributed by atoms with E-state index < -0.39 is 11.5 Å². The van der Waals surface area contributed by atoms with E-state index in [1.807, 2.05) is 0 Å². The van der Waals surface area contributed by atoms with Crippen molar-refractivity contribution in [1.29, 1.82) is 0 Å². The van der Waals surface area contributed by atoms with Crippen molar-refractivity contribution in [3.05, 3.63) is 23.8 Å². The number of aliphatic carboxylic acids is 1. The highest BCUT2D eigenvalue weighted by atomic mass is 35.5. The van der Waals surface area contributed by atoms with Crippen LogP contribution in [0, 0.1) is 0 Å². The largest absolute Gasteiger partial charge is 0.504 e. The van der Waals surface area contributed by atoms with Gasteiger partial charge in [-0.25, -0.2) is 0 Å². The van der Waals surface area contributed by atoms with E-state index in [2.05, 4.69) is 0 Å². The molecule has 0 aromatic heterocycles. The summed E-state index contributed by atoms with van der Waals surface area (Å²) in [5.74, 6) is -1.64. The van der Waals surface area contributed by atoms with E-state index >= 15 is 0 Å². The lowest BCUT2D eigenvalue weighted by molar-refractivity contribution is -0.142. The number of hydrogen-bond acceptors (Lipinski definition) is 5. The Morgan fingerprint density at radius 2 is 1.79 bits per heavy atom. The first-order valence-electron chi connectivity index (χ1n) is 5.38. The number of carboxylic acid groups (broad SMARTS) is 1. The van der Waals surface area contributed by atoms with Crippen molar-refractivity contribution in [2.24, 2.45) is 5.73 Å². The van der Waals surface area contributed by atoms with Crippen molar-refractivity contribution in [1.82, 2.24) is 0 Å². The lowest BCUT2D eigenvalue weighted by Gasteiger charge is -2.19. The maximum absolute atomic E-state index is 10.7. The van der Waals surface area contributed by atoms with E-state index in [0.717, 1.165) is 0 Å². The molecule has 110 valence electrons. The first kappa shape index (κ1) is 19.8. The molecule has 6 nitrogen and oxygen atoms in total. The number of aliphatic hydroxyl groups is 1. The van der Waals surface area contributed by atoms with Crippen LogP contribution in [0.2, 0.25) is 0 Å². The van der Waals surface area contributed by atoms with Crippen molar-refractivity contribution in [2.75, 3.05) is 6.61 Å². The summed E-state index contributed by atoms with van der Waals surface area (Å²) in [6.45, 7) is 3.32. The molecule has 0 heterocycles. The highest BCUT2D eigenvalue weighted by molar-refractivity contribution is 5.85.